The molecule has 9 nitrogen and oxygen atoms in total. The number of carboxylic acids is 1. The van der Waals surface area contributed by atoms with Crippen LogP contribution >= 0.6 is 11.3 Å². The highest BCUT2D eigenvalue weighted by Crippen LogP contribution is 2.33. The van der Waals surface area contributed by atoms with Crippen LogP contribution in [0.15, 0.2) is 24.1 Å². The molecule has 4 heterocycles. The summed E-state index contributed by atoms with van der Waals surface area (Å²) in [6, 6.07) is 0.391. The van der Waals surface area contributed by atoms with Crippen LogP contribution in [0.4, 0.5) is 19.0 Å². The molecule has 0 unspecified atom stereocenters. The van der Waals surface area contributed by atoms with Gasteiger partial charge in [0.25, 0.3) is 5.91 Å². The van der Waals surface area contributed by atoms with Crippen molar-refractivity contribution in [3.05, 3.63) is 34.7 Å². The molecule has 13 heteroatoms. The number of aliphatic carboxylic acids is 1. The van der Waals surface area contributed by atoms with Gasteiger partial charge < -0.3 is 15.2 Å². The number of amides is 1. The van der Waals surface area contributed by atoms with E-state index in [2.05, 4.69) is 32.1 Å². The number of nitrogens with zero attached hydrogens (tertiary/aromatic N) is 4. The monoisotopic (exact) mass is 473 g/mol. The van der Waals surface area contributed by atoms with Gasteiger partial charge in [-0.15, -0.1) is 11.3 Å². The van der Waals surface area contributed by atoms with E-state index in [9.17, 15) is 18.0 Å². The second kappa shape index (κ2) is 10.3. The molecule has 0 aliphatic carbocycles. The summed E-state index contributed by atoms with van der Waals surface area (Å²) >= 11 is 1.71. The number of aromatic nitrogens is 3. The highest BCUT2D eigenvalue weighted by molar-refractivity contribution is 7.09. The third-order valence-corrected chi connectivity index (χ3v) is 6.12. The molecule has 2 aliphatic heterocycles. The van der Waals surface area contributed by atoms with E-state index < -0.39 is 18.2 Å². The molecule has 2 N–H and O–H groups in total. The first kappa shape index (κ1) is 24.0. The molecule has 1 amide bonds. The molecule has 2 aliphatic rings. The van der Waals surface area contributed by atoms with Crippen molar-refractivity contribution >= 4 is 29.0 Å². The summed E-state index contributed by atoms with van der Waals surface area (Å²) in [6.07, 6.45) is 1.98. The van der Waals surface area contributed by atoms with Crippen molar-refractivity contribution in [1.29, 1.82) is 0 Å². The lowest BCUT2D eigenvalue weighted by atomic mass is 9.98. The minimum absolute atomic E-state index is 0.125. The molecule has 0 saturated carbocycles. The molecular weight excluding hydrogens is 451 g/mol. The van der Waals surface area contributed by atoms with Crippen molar-refractivity contribution in [2.45, 2.75) is 57.2 Å². The minimum Gasteiger partial charge on any atom is -0.475 e. The number of ether oxygens (including phenoxy) is 1. The second-order valence-corrected chi connectivity index (χ2v) is 8.25. The number of hydrogen-bond acceptors (Lipinski definition) is 8. The Hall–Kier alpha value is -2.64. The summed E-state index contributed by atoms with van der Waals surface area (Å²) < 4.78 is 37.8. The number of carbonyl (C=O) groups excluding carboxylic acids is 1. The van der Waals surface area contributed by atoms with Gasteiger partial charge >= 0.3 is 12.1 Å². The predicted molar refractivity (Wildman–Crippen MR) is 108 cm³/mol. The number of carboxylic acid groups (broad SMARTS) is 1. The van der Waals surface area contributed by atoms with Crippen LogP contribution in [0, 0.1) is 6.92 Å². The quantitative estimate of drug-likeness (QED) is 0.696. The van der Waals surface area contributed by atoms with Gasteiger partial charge in [0.15, 0.2) is 5.82 Å². The largest absolute Gasteiger partial charge is 0.490 e. The lowest BCUT2D eigenvalue weighted by molar-refractivity contribution is -0.192. The van der Waals surface area contributed by atoms with Gasteiger partial charge in [0.2, 0.25) is 0 Å². The van der Waals surface area contributed by atoms with E-state index in [0.29, 0.717) is 11.9 Å². The maximum atomic E-state index is 12.4. The number of hydrogen-bond donors (Lipinski definition) is 2. The predicted octanol–water partition coefficient (Wildman–Crippen LogP) is 2.64. The first-order valence-corrected chi connectivity index (χ1v) is 10.7. The van der Waals surface area contributed by atoms with Gasteiger partial charge in [-0.05, 0) is 26.2 Å². The number of aryl methyl sites for hydroxylation is 1. The van der Waals surface area contributed by atoms with E-state index in [1.54, 1.807) is 23.7 Å². The number of anilines is 1. The van der Waals surface area contributed by atoms with Crippen LogP contribution in [0.1, 0.15) is 29.8 Å². The highest BCUT2D eigenvalue weighted by Gasteiger charge is 2.42. The van der Waals surface area contributed by atoms with Crippen LogP contribution < -0.4 is 5.32 Å². The summed E-state index contributed by atoms with van der Waals surface area (Å²) in [5.41, 5.74) is 3.02. The zero-order valence-electron chi connectivity index (χ0n) is 17.1. The molecule has 0 bridgehead atoms. The number of carbonyl (C=O) groups is 2. The average Bonchev–Trinajstić information content (AvgIpc) is 3.34. The Labute approximate surface area is 185 Å². The molecule has 0 radical (unpaired) electrons. The van der Waals surface area contributed by atoms with E-state index in [4.69, 9.17) is 14.6 Å². The molecule has 0 aromatic carbocycles. The topological polar surface area (TPSA) is 118 Å². The first-order chi connectivity index (χ1) is 15.1. The fourth-order valence-electron chi connectivity index (χ4n) is 3.64. The standard InChI is InChI=1S/C17H21N5O2S.C2HF3O2/c1-11-15(25-10-20-11)9-22-7-4-13-12(22)2-3-14(24-13)17(23)21-16-8-18-5-6-19-16;3-2(4,5)1(6)7/h5-6,8,10,12-14H,2-4,7,9H2,1H3,(H,19,21,23);(H,6,7)/t12-,13-,14+;/m1./s1. The van der Waals surface area contributed by atoms with Crippen molar-refractivity contribution in [3.8, 4) is 0 Å². The van der Waals surface area contributed by atoms with Crippen molar-refractivity contribution < 1.29 is 32.6 Å². The smallest absolute Gasteiger partial charge is 0.475 e. The molecule has 2 fully saturated rings. The Bertz CT molecular complexity index is 927. The second-order valence-electron chi connectivity index (χ2n) is 7.31. The van der Waals surface area contributed by atoms with Crippen LogP contribution in [-0.2, 0) is 20.9 Å². The molecule has 2 saturated heterocycles. The van der Waals surface area contributed by atoms with Gasteiger partial charge in [-0.2, -0.15) is 13.2 Å². The summed E-state index contributed by atoms with van der Waals surface area (Å²) in [5.74, 6) is -2.42. The van der Waals surface area contributed by atoms with Gasteiger partial charge in [0, 0.05) is 36.4 Å². The van der Waals surface area contributed by atoms with Crippen LogP contribution in [0.5, 0.6) is 0 Å². The van der Waals surface area contributed by atoms with Gasteiger partial charge in [0.1, 0.15) is 6.10 Å². The number of alkyl halides is 3. The van der Waals surface area contributed by atoms with Crippen LogP contribution in [0.2, 0.25) is 0 Å². The normalized spacial score (nSPS) is 23.1. The van der Waals surface area contributed by atoms with Crippen LogP contribution in [-0.4, -0.2) is 67.8 Å². The van der Waals surface area contributed by atoms with Crippen LogP contribution in [0.3, 0.4) is 0 Å². The molecule has 2 aromatic heterocycles. The Morgan fingerprint density at radius 3 is 2.62 bits per heavy atom. The summed E-state index contributed by atoms with van der Waals surface area (Å²) in [4.78, 5) is 37.5. The summed E-state index contributed by atoms with van der Waals surface area (Å²) in [5, 5.41) is 9.91. The zero-order chi connectivity index (χ0) is 23.3. The Kier molecular flexibility index (Phi) is 7.74. The molecular formula is C19H22F3N5O4S. The van der Waals surface area contributed by atoms with E-state index in [-0.39, 0.29) is 12.0 Å². The fraction of sp³-hybridized carbons (Fsp3) is 0.526. The summed E-state index contributed by atoms with van der Waals surface area (Å²) in [7, 11) is 0. The van der Waals surface area contributed by atoms with Gasteiger partial charge in [-0.25, -0.2) is 14.8 Å². The first-order valence-electron chi connectivity index (χ1n) is 9.80. The molecule has 2 aromatic rings. The van der Waals surface area contributed by atoms with E-state index in [0.717, 1.165) is 38.0 Å². The Morgan fingerprint density at radius 1 is 1.28 bits per heavy atom. The SMILES string of the molecule is Cc1ncsc1CN1CC[C@H]2O[C@H](C(=O)Nc3cnccn3)CC[C@H]21.O=C(O)C(F)(F)F. The Morgan fingerprint density at radius 2 is 2.03 bits per heavy atom. The zero-order valence-corrected chi connectivity index (χ0v) is 17.9. The van der Waals surface area contributed by atoms with Gasteiger partial charge in [-0.1, -0.05) is 0 Å². The lowest BCUT2D eigenvalue weighted by Gasteiger charge is -2.35. The molecule has 174 valence electrons. The lowest BCUT2D eigenvalue weighted by Crippen LogP contribution is -2.46. The van der Waals surface area contributed by atoms with E-state index >= 15 is 0 Å². The summed E-state index contributed by atoms with van der Waals surface area (Å²) in [6.45, 7) is 3.99. The maximum Gasteiger partial charge on any atom is 0.490 e. The molecule has 4 rings (SSSR count). The number of thiazole rings is 1. The fourth-order valence-corrected chi connectivity index (χ4v) is 4.44. The minimum atomic E-state index is -5.08. The van der Waals surface area contributed by atoms with Gasteiger partial charge in [0.05, 0.1) is 23.5 Å². The molecule has 32 heavy (non-hydrogen) atoms. The number of likely N-dealkylation sites (tertiary alicyclic amines) is 1. The van der Waals surface area contributed by atoms with Crippen molar-refractivity contribution in [1.82, 2.24) is 19.9 Å². The third kappa shape index (κ3) is 6.20. The Balaban J connectivity index is 0.000000360. The van der Waals surface area contributed by atoms with Crippen LogP contribution in [0.25, 0.3) is 0 Å². The van der Waals surface area contributed by atoms with E-state index in [1.807, 2.05) is 5.51 Å². The maximum absolute atomic E-state index is 12.4. The number of halogens is 3. The average molecular weight is 473 g/mol. The molecule has 0 spiro atoms. The van der Waals surface area contributed by atoms with E-state index in [1.165, 1.54) is 11.1 Å². The van der Waals surface area contributed by atoms with Crippen molar-refractivity contribution in [2.75, 3.05) is 11.9 Å². The van der Waals surface area contributed by atoms with Crippen molar-refractivity contribution in [3.63, 3.8) is 0 Å². The van der Waals surface area contributed by atoms with Gasteiger partial charge in [-0.3, -0.25) is 14.7 Å². The van der Waals surface area contributed by atoms with Crippen molar-refractivity contribution in [2.24, 2.45) is 0 Å². The third-order valence-electron chi connectivity index (χ3n) is 5.20. The molecule has 3 atom stereocenters. The number of rotatable bonds is 4. The highest BCUT2D eigenvalue weighted by atomic mass is 32.1. The number of nitrogens with one attached hydrogen (secondary N) is 1. The number of fused-ring (bicyclic) bond motifs is 1.